The molecule has 4 rings (SSSR count). The molecule has 3 aromatic rings. The van der Waals surface area contributed by atoms with E-state index in [2.05, 4.69) is 102 Å². The molecule has 2 nitrogen and oxygen atoms in total. The second kappa shape index (κ2) is 8.97. The summed E-state index contributed by atoms with van der Waals surface area (Å²) in [5.74, 6) is 1.28. The van der Waals surface area contributed by atoms with Crippen LogP contribution in [0.4, 0.5) is 0 Å². The predicted molar refractivity (Wildman–Crippen MR) is 135 cm³/mol. The third kappa shape index (κ3) is 4.19. The van der Waals surface area contributed by atoms with Gasteiger partial charge in [0.05, 0.1) is 6.04 Å². The lowest BCUT2D eigenvalue weighted by Crippen LogP contribution is -2.30. The molecule has 1 aliphatic rings. The van der Waals surface area contributed by atoms with Crippen molar-refractivity contribution in [1.29, 1.82) is 0 Å². The van der Waals surface area contributed by atoms with Crippen molar-refractivity contribution in [3.63, 3.8) is 0 Å². The zero-order chi connectivity index (χ0) is 22.1. The first kappa shape index (κ1) is 21.8. The van der Waals surface area contributed by atoms with Gasteiger partial charge >= 0.3 is 0 Å². The van der Waals surface area contributed by atoms with E-state index in [9.17, 15) is 0 Å². The van der Waals surface area contributed by atoms with Crippen LogP contribution in [0, 0.1) is 33.6 Å². The highest BCUT2D eigenvalue weighted by Gasteiger charge is 2.30. The summed E-state index contributed by atoms with van der Waals surface area (Å²) >= 11 is 0. The van der Waals surface area contributed by atoms with Crippen LogP contribution in [0.3, 0.4) is 0 Å². The second-order valence-corrected chi connectivity index (χ2v) is 10.9. The number of ether oxygens (including phenoxy) is 1. The molecule has 0 unspecified atom stereocenters. The number of hydrogen-bond acceptors (Lipinski definition) is 2. The first-order chi connectivity index (χ1) is 14.9. The molecule has 3 heteroatoms. The van der Waals surface area contributed by atoms with Gasteiger partial charge < -0.3 is 4.74 Å². The number of benzene rings is 3. The molecular weight excluding hydrogens is 397 g/mol. The monoisotopic (exact) mass is 429 g/mol. The van der Waals surface area contributed by atoms with Gasteiger partial charge in [0, 0.05) is 5.56 Å². The predicted octanol–water partition coefficient (Wildman–Crippen LogP) is 5.48. The molecule has 1 heterocycles. The standard InChI is InChI=1S/C28H32NOP/c1-18(2)24-17-30-28(29-24)23-15-7-8-16-25(23)31(26-19(3)11-9-12-20(26)4)27-21(5)13-10-14-22(27)6/h7-16,18,24H,17H2,1-6H3/t24-/m1/s1. The Hall–Kier alpha value is -2.44. The van der Waals surface area contributed by atoms with E-state index in [1.165, 1.54) is 38.2 Å². The lowest BCUT2D eigenvalue weighted by molar-refractivity contribution is 0.292. The zero-order valence-electron chi connectivity index (χ0n) is 19.4. The van der Waals surface area contributed by atoms with Crippen LogP contribution in [0.15, 0.2) is 65.7 Å². The summed E-state index contributed by atoms with van der Waals surface area (Å²) in [7, 11) is -0.757. The minimum Gasteiger partial charge on any atom is -0.475 e. The third-order valence-electron chi connectivity index (χ3n) is 6.14. The molecule has 0 aromatic heterocycles. The van der Waals surface area contributed by atoms with Crippen molar-refractivity contribution in [3.8, 4) is 0 Å². The minimum absolute atomic E-state index is 0.231. The van der Waals surface area contributed by atoms with Crippen molar-refractivity contribution >= 4 is 29.7 Å². The molecule has 31 heavy (non-hydrogen) atoms. The number of aryl methyl sites for hydroxylation is 4. The summed E-state index contributed by atoms with van der Waals surface area (Å²) in [5, 5.41) is 4.22. The Labute approximate surface area is 188 Å². The lowest BCUT2D eigenvalue weighted by Gasteiger charge is -2.28. The molecule has 0 bridgehead atoms. The van der Waals surface area contributed by atoms with E-state index in [-0.39, 0.29) is 6.04 Å². The van der Waals surface area contributed by atoms with Crippen molar-refractivity contribution < 1.29 is 4.74 Å². The maximum absolute atomic E-state index is 6.16. The van der Waals surface area contributed by atoms with Crippen LogP contribution in [0.1, 0.15) is 41.7 Å². The quantitative estimate of drug-likeness (QED) is 0.492. The van der Waals surface area contributed by atoms with Crippen LogP contribution < -0.4 is 15.9 Å². The van der Waals surface area contributed by atoms with Crippen LogP contribution in [0.2, 0.25) is 0 Å². The number of hydrogen-bond donors (Lipinski definition) is 0. The highest BCUT2D eigenvalue weighted by atomic mass is 31.1. The molecule has 0 saturated heterocycles. The molecule has 1 aliphatic heterocycles. The van der Waals surface area contributed by atoms with Gasteiger partial charge in [0.1, 0.15) is 6.61 Å². The smallest absolute Gasteiger partial charge is 0.217 e. The Balaban J connectivity index is 1.98. The lowest BCUT2D eigenvalue weighted by atomic mass is 10.1. The summed E-state index contributed by atoms with van der Waals surface area (Å²) in [4.78, 5) is 4.98. The Morgan fingerprint density at radius 2 is 1.29 bits per heavy atom. The molecule has 0 saturated carbocycles. The van der Waals surface area contributed by atoms with Crippen LogP contribution >= 0.6 is 7.92 Å². The molecule has 0 spiro atoms. The minimum atomic E-state index is -0.757. The van der Waals surface area contributed by atoms with Crippen molar-refractivity contribution in [2.45, 2.75) is 47.6 Å². The van der Waals surface area contributed by atoms with Gasteiger partial charge in [0.15, 0.2) is 0 Å². The fourth-order valence-electron chi connectivity index (χ4n) is 4.40. The summed E-state index contributed by atoms with van der Waals surface area (Å²) in [5.41, 5.74) is 6.52. The third-order valence-corrected chi connectivity index (χ3v) is 9.32. The number of rotatable bonds is 5. The van der Waals surface area contributed by atoms with Gasteiger partial charge in [-0.3, -0.25) is 0 Å². The Morgan fingerprint density at radius 3 is 1.77 bits per heavy atom. The van der Waals surface area contributed by atoms with E-state index in [0.29, 0.717) is 12.5 Å². The molecule has 0 fully saturated rings. The maximum atomic E-state index is 6.16. The van der Waals surface area contributed by atoms with Crippen LogP contribution in [0.25, 0.3) is 0 Å². The summed E-state index contributed by atoms with van der Waals surface area (Å²) in [6.07, 6.45) is 0. The highest BCUT2D eigenvalue weighted by Crippen LogP contribution is 2.39. The van der Waals surface area contributed by atoms with E-state index in [1.54, 1.807) is 0 Å². The average Bonchev–Trinajstić information content (AvgIpc) is 3.23. The van der Waals surface area contributed by atoms with Gasteiger partial charge in [-0.05, 0) is 85.8 Å². The summed E-state index contributed by atoms with van der Waals surface area (Å²) in [6.45, 7) is 14.1. The van der Waals surface area contributed by atoms with Crippen molar-refractivity contribution in [3.05, 3.63) is 88.5 Å². The molecule has 3 aromatic carbocycles. The zero-order valence-corrected chi connectivity index (χ0v) is 20.3. The van der Waals surface area contributed by atoms with Crippen LogP contribution in [-0.4, -0.2) is 18.5 Å². The SMILES string of the molecule is Cc1cccc(C)c1P(c1ccccc1C1=N[C@@H](C(C)C)CO1)c1c(C)cccc1C. The van der Waals surface area contributed by atoms with E-state index in [0.717, 1.165) is 11.5 Å². The summed E-state index contributed by atoms with van der Waals surface area (Å²) in [6, 6.07) is 22.3. The van der Waals surface area contributed by atoms with Crippen molar-refractivity contribution in [1.82, 2.24) is 0 Å². The molecule has 0 N–H and O–H groups in total. The fraction of sp³-hybridized carbons (Fsp3) is 0.321. The molecular formula is C28H32NOP. The molecule has 160 valence electrons. The highest BCUT2D eigenvalue weighted by molar-refractivity contribution is 7.80. The topological polar surface area (TPSA) is 21.6 Å². The van der Waals surface area contributed by atoms with Gasteiger partial charge in [0.2, 0.25) is 5.90 Å². The molecule has 0 radical (unpaired) electrons. The van der Waals surface area contributed by atoms with Gasteiger partial charge in [-0.15, -0.1) is 0 Å². The Bertz CT molecular complexity index is 1040. The summed E-state index contributed by atoms with van der Waals surface area (Å²) < 4.78 is 6.16. The fourth-order valence-corrected chi connectivity index (χ4v) is 7.46. The average molecular weight is 430 g/mol. The van der Waals surface area contributed by atoms with E-state index in [4.69, 9.17) is 9.73 Å². The van der Waals surface area contributed by atoms with Gasteiger partial charge in [-0.25, -0.2) is 4.99 Å². The van der Waals surface area contributed by atoms with Gasteiger partial charge in [0.25, 0.3) is 0 Å². The molecule has 0 amide bonds. The van der Waals surface area contributed by atoms with E-state index >= 15 is 0 Å². The maximum Gasteiger partial charge on any atom is 0.217 e. The van der Waals surface area contributed by atoms with Gasteiger partial charge in [-0.2, -0.15) is 0 Å². The largest absolute Gasteiger partial charge is 0.475 e. The van der Waals surface area contributed by atoms with Crippen molar-refractivity contribution in [2.75, 3.05) is 6.61 Å². The van der Waals surface area contributed by atoms with Crippen molar-refractivity contribution in [2.24, 2.45) is 10.9 Å². The van der Waals surface area contributed by atoms with E-state index < -0.39 is 7.92 Å². The molecule has 0 aliphatic carbocycles. The number of nitrogens with zero attached hydrogens (tertiary/aromatic N) is 1. The first-order valence-corrected chi connectivity index (χ1v) is 12.4. The Morgan fingerprint density at radius 1 is 0.774 bits per heavy atom. The van der Waals surface area contributed by atoms with Crippen LogP contribution in [-0.2, 0) is 4.74 Å². The number of aliphatic imine (C=N–C) groups is 1. The Kier molecular flexibility index (Phi) is 6.30. The molecule has 1 atom stereocenters. The van der Waals surface area contributed by atoms with E-state index in [1.807, 2.05) is 0 Å². The first-order valence-electron chi connectivity index (χ1n) is 11.1. The van der Waals surface area contributed by atoms with Gasteiger partial charge in [-0.1, -0.05) is 68.4 Å². The second-order valence-electron chi connectivity index (χ2n) is 8.89. The normalized spacial score (nSPS) is 16.0. The van der Waals surface area contributed by atoms with Crippen LogP contribution in [0.5, 0.6) is 0 Å².